The zero-order valence-electron chi connectivity index (χ0n) is 11.4. The van der Waals surface area contributed by atoms with E-state index in [9.17, 15) is 0 Å². The lowest BCUT2D eigenvalue weighted by Gasteiger charge is -2.01. The topological polar surface area (TPSA) is 9.23 Å². The summed E-state index contributed by atoms with van der Waals surface area (Å²) in [6, 6.07) is 16.2. The highest BCUT2D eigenvalue weighted by Crippen LogP contribution is 2.12. The van der Waals surface area contributed by atoms with Crippen molar-refractivity contribution in [3.05, 3.63) is 65.2 Å². The molecule has 0 heterocycles. The first-order valence-corrected chi connectivity index (χ1v) is 6.57. The van der Waals surface area contributed by atoms with Crippen LogP contribution in [0.4, 0.5) is 0 Å². The first-order valence-electron chi connectivity index (χ1n) is 6.57. The zero-order chi connectivity index (χ0) is 13.5. The number of hydrogen-bond acceptors (Lipinski definition) is 1. The maximum Gasteiger partial charge on any atom is 0.118 e. The van der Waals surface area contributed by atoms with Crippen molar-refractivity contribution < 1.29 is 4.74 Å². The second kappa shape index (κ2) is 6.66. The summed E-state index contributed by atoms with van der Waals surface area (Å²) >= 11 is 0. The highest BCUT2D eigenvalue weighted by Gasteiger charge is 1.97. The number of ether oxygens (including phenoxy) is 1. The summed E-state index contributed by atoms with van der Waals surface area (Å²) in [6.07, 6.45) is 2.22. The van der Waals surface area contributed by atoms with Gasteiger partial charge in [-0.25, -0.2) is 0 Å². The van der Waals surface area contributed by atoms with E-state index in [4.69, 9.17) is 4.74 Å². The van der Waals surface area contributed by atoms with Crippen LogP contribution >= 0.6 is 0 Å². The molecule has 1 nitrogen and oxygen atoms in total. The number of hydrogen-bond donors (Lipinski definition) is 0. The molecule has 0 aliphatic rings. The van der Waals surface area contributed by atoms with Gasteiger partial charge >= 0.3 is 0 Å². The molecule has 0 bridgehead atoms. The highest BCUT2D eigenvalue weighted by atomic mass is 16.5. The fourth-order valence-corrected chi connectivity index (χ4v) is 1.94. The minimum absolute atomic E-state index is 0.858. The summed E-state index contributed by atoms with van der Waals surface area (Å²) < 4.78 is 5.13. The predicted octanol–water partition coefficient (Wildman–Crippen LogP) is 4.05. The van der Waals surface area contributed by atoms with Gasteiger partial charge in [0.15, 0.2) is 0 Å². The number of benzene rings is 2. The second-order valence-corrected chi connectivity index (χ2v) is 4.39. The van der Waals surface area contributed by atoms with Crippen molar-refractivity contribution in [1.82, 2.24) is 0 Å². The van der Waals surface area contributed by atoms with Crippen LogP contribution in [0.15, 0.2) is 48.5 Å². The first kappa shape index (κ1) is 13.2. The minimum Gasteiger partial charge on any atom is -0.497 e. The van der Waals surface area contributed by atoms with E-state index in [2.05, 4.69) is 37.0 Å². The molecular formula is C18H18O. The Morgan fingerprint density at radius 3 is 2.37 bits per heavy atom. The van der Waals surface area contributed by atoms with Crippen LogP contribution in [-0.4, -0.2) is 7.11 Å². The maximum absolute atomic E-state index is 5.13. The molecule has 0 N–H and O–H groups in total. The van der Waals surface area contributed by atoms with E-state index >= 15 is 0 Å². The van der Waals surface area contributed by atoms with Gasteiger partial charge in [0, 0.05) is 11.1 Å². The van der Waals surface area contributed by atoms with E-state index < -0.39 is 0 Å². The Morgan fingerprint density at radius 1 is 0.947 bits per heavy atom. The van der Waals surface area contributed by atoms with Crippen molar-refractivity contribution in [3.63, 3.8) is 0 Å². The van der Waals surface area contributed by atoms with Crippen LogP contribution in [0.5, 0.6) is 5.75 Å². The normalized spacial score (nSPS) is 9.58. The van der Waals surface area contributed by atoms with Gasteiger partial charge in [-0.15, -0.1) is 0 Å². The molecule has 0 amide bonds. The maximum atomic E-state index is 5.13. The molecule has 0 saturated carbocycles. The lowest BCUT2D eigenvalue weighted by Crippen LogP contribution is -1.88. The monoisotopic (exact) mass is 250 g/mol. The smallest absolute Gasteiger partial charge is 0.118 e. The standard InChI is InChI=1S/C18H18O/c1-3-6-16-7-4-5-8-17(16)12-9-15-10-13-18(19-2)14-11-15/h4-5,7-8,10-11,13-14H,3,6H2,1-2H3. The zero-order valence-corrected chi connectivity index (χ0v) is 11.4. The Bertz CT molecular complexity index is 585. The number of methoxy groups -OCH3 is 1. The molecule has 2 rings (SSSR count). The van der Waals surface area contributed by atoms with Crippen molar-refractivity contribution in [1.29, 1.82) is 0 Å². The molecule has 1 heteroatoms. The molecule has 0 saturated heterocycles. The summed E-state index contributed by atoms with van der Waals surface area (Å²) in [5.41, 5.74) is 3.46. The van der Waals surface area contributed by atoms with Crippen molar-refractivity contribution in [3.8, 4) is 17.6 Å². The van der Waals surface area contributed by atoms with Crippen molar-refractivity contribution in [2.45, 2.75) is 19.8 Å². The van der Waals surface area contributed by atoms with Crippen LogP contribution in [0.1, 0.15) is 30.0 Å². The molecule has 0 spiro atoms. The first-order chi connectivity index (χ1) is 9.33. The molecule has 96 valence electrons. The molecule has 0 radical (unpaired) electrons. The Hall–Kier alpha value is -2.20. The van der Waals surface area contributed by atoms with Crippen molar-refractivity contribution in [2.24, 2.45) is 0 Å². The third-order valence-electron chi connectivity index (χ3n) is 2.97. The Morgan fingerprint density at radius 2 is 1.68 bits per heavy atom. The molecule has 0 aromatic heterocycles. The molecule has 0 aliphatic carbocycles. The van der Waals surface area contributed by atoms with Gasteiger partial charge in [0.1, 0.15) is 5.75 Å². The van der Waals surface area contributed by atoms with Gasteiger partial charge in [-0.05, 0) is 42.3 Å². The summed E-state index contributed by atoms with van der Waals surface area (Å²) in [5, 5.41) is 0. The fraction of sp³-hybridized carbons (Fsp3) is 0.222. The van der Waals surface area contributed by atoms with E-state index in [0.29, 0.717) is 0 Å². The summed E-state index contributed by atoms with van der Waals surface area (Å²) in [6.45, 7) is 2.19. The molecule has 0 aliphatic heterocycles. The van der Waals surface area contributed by atoms with E-state index in [1.54, 1.807) is 7.11 Å². The lowest BCUT2D eigenvalue weighted by molar-refractivity contribution is 0.415. The van der Waals surface area contributed by atoms with Gasteiger partial charge in [-0.3, -0.25) is 0 Å². The summed E-state index contributed by atoms with van der Waals surface area (Å²) in [5.74, 6) is 7.32. The Kier molecular flexibility index (Phi) is 4.64. The van der Waals surface area contributed by atoms with Gasteiger partial charge in [0.05, 0.1) is 7.11 Å². The Balaban J connectivity index is 2.23. The average molecular weight is 250 g/mol. The highest BCUT2D eigenvalue weighted by molar-refractivity contribution is 5.47. The Labute approximate surface area is 115 Å². The van der Waals surface area contributed by atoms with Crippen LogP contribution in [-0.2, 0) is 6.42 Å². The van der Waals surface area contributed by atoms with E-state index in [1.165, 1.54) is 5.56 Å². The van der Waals surface area contributed by atoms with E-state index in [0.717, 1.165) is 29.7 Å². The van der Waals surface area contributed by atoms with Crippen molar-refractivity contribution in [2.75, 3.05) is 7.11 Å². The third kappa shape index (κ3) is 3.63. The van der Waals surface area contributed by atoms with Gasteiger partial charge in [0.2, 0.25) is 0 Å². The average Bonchev–Trinajstić information content (AvgIpc) is 2.47. The van der Waals surface area contributed by atoms with Crippen LogP contribution in [0, 0.1) is 11.8 Å². The number of aryl methyl sites for hydroxylation is 1. The SMILES string of the molecule is CCCc1ccccc1C#Cc1ccc(OC)cc1. The van der Waals surface area contributed by atoms with Gasteiger partial charge in [-0.1, -0.05) is 43.4 Å². The number of rotatable bonds is 3. The summed E-state index contributed by atoms with van der Waals surface area (Å²) in [7, 11) is 1.67. The molecule has 0 unspecified atom stereocenters. The van der Waals surface area contributed by atoms with Crippen LogP contribution in [0.3, 0.4) is 0 Å². The molecule has 2 aromatic carbocycles. The van der Waals surface area contributed by atoms with Gasteiger partial charge < -0.3 is 4.74 Å². The van der Waals surface area contributed by atoms with Crippen LogP contribution in [0.2, 0.25) is 0 Å². The molecule has 0 fully saturated rings. The van der Waals surface area contributed by atoms with E-state index in [-0.39, 0.29) is 0 Å². The second-order valence-electron chi connectivity index (χ2n) is 4.39. The third-order valence-corrected chi connectivity index (χ3v) is 2.97. The van der Waals surface area contributed by atoms with Gasteiger partial charge in [-0.2, -0.15) is 0 Å². The molecule has 0 atom stereocenters. The molecule has 2 aromatic rings. The van der Waals surface area contributed by atoms with Crippen LogP contribution < -0.4 is 4.74 Å². The van der Waals surface area contributed by atoms with Crippen LogP contribution in [0.25, 0.3) is 0 Å². The summed E-state index contributed by atoms with van der Waals surface area (Å²) in [4.78, 5) is 0. The van der Waals surface area contributed by atoms with Crippen molar-refractivity contribution >= 4 is 0 Å². The van der Waals surface area contributed by atoms with E-state index in [1.807, 2.05) is 30.3 Å². The molecular weight excluding hydrogens is 232 g/mol. The predicted molar refractivity (Wildman–Crippen MR) is 79.4 cm³/mol. The minimum atomic E-state index is 0.858. The molecule has 19 heavy (non-hydrogen) atoms. The quantitative estimate of drug-likeness (QED) is 0.747. The van der Waals surface area contributed by atoms with Gasteiger partial charge in [0.25, 0.3) is 0 Å². The fourth-order valence-electron chi connectivity index (χ4n) is 1.94. The lowest BCUT2D eigenvalue weighted by atomic mass is 10.0. The largest absolute Gasteiger partial charge is 0.497 e.